The Labute approximate surface area is 58.5 Å². The monoisotopic (exact) mass is 146 g/mol. The topological polar surface area (TPSA) is 81.4 Å². The molecule has 0 radical (unpaired) electrons. The van der Waals surface area contributed by atoms with Gasteiger partial charge in [-0.1, -0.05) is 0 Å². The molecule has 0 aromatic rings. The van der Waals surface area contributed by atoms with Gasteiger partial charge < -0.3 is 4.74 Å². The van der Waals surface area contributed by atoms with Gasteiger partial charge in [0.05, 0.1) is 0 Å². The molecule has 10 heavy (non-hydrogen) atoms. The van der Waals surface area contributed by atoms with Crippen LogP contribution in [-0.4, -0.2) is 18.0 Å². The Hall–Kier alpha value is -1.10. The number of esters is 1. The van der Waals surface area contributed by atoms with E-state index in [4.69, 9.17) is 5.84 Å². The molecule has 58 valence electrons. The Bertz CT molecular complexity index is 146. The number of carbonyl (C=O) groups excluding carboxylic acids is 2. The molecule has 0 bridgehead atoms. The van der Waals surface area contributed by atoms with Gasteiger partial charge in [0.1, 0.15) is 0 Å². The van der Waals surface area contributed by atoms with Gasteiger partial charge in [0, 0.05) is 6.92 Å². The van der Waals surface area contributed by atoms with Crippen LogP contribution >= 0.6 is 0 Å². The van der Waals surface area contributed by atoms with Crippen LogP contribution in [0.25, 0.3) is 0 Å². The van der Waals surface area contributed by atoms with Crippen LogP contribution in [0.4, 0.5) is 0 Å². The molecule has 1 atom stereocenters. The maximum Gasteiger partial charge on any atom is 0.303 e. The molecule has 0 aliphatic heterocycles. The third-order valence-electron chi connectivity index (χ3n) is 0.854. The number of nitrogens with one attached hydrogen (secondary N) is 1. The van der Waals surface area contributed by atoms with E-state index >= 15 is 0 Å². The first-order valence-electron chi connectivity index (χ1n) is 2.75. The molecule has 0 saturated carbocycles. The minimum atomic E-state index is -0.817. The quantitative estimate of drug-likeness (QED) is 0.225. The second-order valence-electron chi connectivity index (χ2n) is 1.76. The van der Waals surface area contributed by atoms with Gasteiger partial charge >= 0.3 is 5.97 Å². The lowest BCUT2D eigenvalue weighted by Gasteiger charge is -2.08. The van der Waals surface area contributed by atoms with E-state index in [1.165, 1.54) is 13.8 Å². The lowest BCUT2D eigenvalue weighted by Crippen LogP contribution is -2.39. The zero-order chi connectivity index (χ0) is 8.15. The molecule has 1 unspecified atom stereocenters. The molecule has 0 fully saturated rings. The fraction of sp³-hybridized carbons (Fsp3) is 0.600. The second-order valence-corrected chi connectivity index (χ2v) is 1.76. The zero-order valence-electron chi connectivity index (χ0n) is 5.88. The van der Waals surface area contributed by atoms with Crippen LogP contribution in [0.15, 0.2) is 0 Å². The lowest BCUT2D eigenvalue weighted by atomic mass is 10.4. The van der Waals surface area contributed by atoms with Crippen molar-refractivity contribution in [3.05, 3.63) is 0 Å². The van der Waals surface area contributed by atoms with Crippen LogP contribution in [-0.2, 0) is 14.3 Å². The average molecular weight is 146 g/mol. The highest BCUT2D eigenvalue weighted by molar-refractivity contribution is 5.82. The Kier molecular flexibility index (Phi) is 3.42. The second kappa shape index (κ2) is 3.84. The van der Waals surface area contributed by atoms with E-state index in [0.717, 1.165) is 0 Å². The first kappa shape index (κ1) is 8.90. The minimum Gasteiger partial charge on any atom is -0.453 e. The number of amides is 1. The van der Waals surface area contributed by atoms with Gasteiger partial charge in [-0.05, 0) is 6.92 Å². The maximum atomic E-state index is 10.5. The summed E-state index contributed by atoms with van der Waals surface area (Å²) in [6.45, 7) is 2.66. The number of hydrogen-bond acceptors (Lipinski definition) is 4. The molecule has 0 heterocycles. The number of carbonyl (C=O) groups is 2. The summed E-state index contributed by atoms with van der Waals surface area (Å²) < 4.78 is 4.47. The van der Waals surface area contributed by atoms with Crippen LogP contribution in [0, 0.1) is 0 Å². The van der Waals surface area contributed by atoms with Crippen molar-refractivity contribution in [2.45, 2.75) is 20.0 Å². The van der Waals surface area contributed by atoms with Crippen molar-refractivity contribution in [1.82, 2.24) is 5.43 Å². The van der Waals surface area contributed by atoms with Gasteiger partial charge in [-0.25, -0.2) is 5.84 Å². The molecule has 0 aliphatic carbocycles. The fourth-order valence-corrected chi connectivity index (χ4v) is 0.420. The molecule has 0 aromatic heterocycles. The number of ether oxygens (including phenoxy) is 1. The van der Waals surface area contributed by atoms with Crippen molar-refractivity contribution in [2.24, 2.45) is 5.84 Å². The number of hydrogen-bond donors (Lipinski definition) is 2. The molecule has 3 N–H and O–H groups in total. The number of rotatable bonds is 2. The molecule has 0 rings (SSSR count). The summed E-state index contributed by atoms with van der Waals surface area (Å²) in [4.78, 5) is 20.8. The summed E-state index contributed by atoms with van der Waals surface area (Å²) in [5, 5.41) is 0. The highest BCUT2D eigenvalue weighted by Gasteiger charge is 2.12. The van der Waals surface area contributed by atoms with Crippen molar-refractivity contribution in [3.8, 4) is 0 Å². The molecular weight excluding hydrogens is 136 g/mol. The van der Waals surface area contributed by atoms with E-state index in [-0.39, 0.29) is 0 Å². The summed E-state index contributed by atoms with van der Waals surface area (Å²) in [5.74, 6) is 3.74. The largest absolute Gasteiger partial charge is 0.453 e. The zero-order valence-corrected chi connectivity index (χ0v) is 5.88. The highest BCUT2D eigenvalue weighted by atomic mass is 16.5. The Morgan fingerprint density at radius 1 is 1.60 bits per heavy atom. The molecule has 5 heteroatoms. The standard InChI is InChI=1S/C5H10N2O3/c1-3(5(9)7-6)10-4(2)8/h3H,6H2,1-2H3,(H,7,9). The normalized spacial score (nSPS) is 11.9. The van der Waals surface area contributed by atoms with E-state index in [1.807, 2.05) is 5.43 Å². The van der Waals surface area contributed by atoms with Crippen molar-refractivity contribution in [2.75, 3.05) is 0 Å². The van der Waals surface area contributed by atoms with Crippen LogP contribution in [0.5, 0.6) is 0 Å². The highest BCUT2D eigenvalue weighted by Crippen LogP contribution is 1.89. The lowest BCUT2D eigenvalue weighted by molar-refractivity contribution is -0.152. The Balaban J connectivity index is 3.72. The summed E-state index contributed by atoms with van der Waals surface area (Å²) in [7, 11) is 0. The van der Waals surface area contributed by atoms with E-state index in [9.17, 15) is 9.59 Å². The SMILES string of the molecule is CC(=O)OC(C)C(=O)NN. The Morgan fingerprint density at radius 2 is 2.10 bits per heavy atom. The summed E-state index contributed by atoms with van der Waals surface area (Å²) in [6, 6.07) is 0. The van der Waals surface area contributed by atoms with Gasteiger partial charge in [0.2, 0.25) is 0 Å². The minimum absolute atomic E-state index is 0.504. The van der Waals surface area contributed by atoms with E-state index < -0.39 is 18.0 Å². The molecule has 0 spiro atoms. The van der Waals surface area contributed by atoms with Crippen molar-refractivity contribution in [1.29, 1.82) is 0 Å². The van der Waals surface area contributed by atoms with Crippen LogP contribution in [0.1, 0.15) is 13.8 Å². The molecule has 5 nitrogen and oxygen atoms in total. The maximum absolute atomic E-state index is 10.5. The van der Waals surface area contributed by atoms with Gasteiger partial charge in [0.15, 0.2) is 6.10 Å². The van der Waals surface area contributed by atoms with Crippen molar-refractivity contribution < 1.29 is 14.3 Å². The average Bonchev–Trinajstić information content (AvgIpc) is 1.85. The fourth-order valence-electron chi connectivity index (χ4n) is 0.420. The molecule has 0 aliphatic rings. The number of nitrogens with two attached hydrogens (primary N) is 1. The first-order chi connectivity index (χ1) is 4.57. The van der Waals surface area contributed by atoms with Crippen LogP contribution < -0.4 is 11.3 Å². The summed E-state index contributed by atoms with van der Waals surface area (Å²) >= 11 is 0. The van der Waals surface area contributed by atoms with Crippen LogP contribution in [0.3, 0.4) is 0 Å². The predicted molar refractivity (Wildman–Crippen MR) is 33.6 cm³/mol. The molecule has 0 saturated heterocycles. The van der Waals surface area contributed by atoms with E-state index in [0.29, 0.717) is 0 Å². The molecular formula is C5H10N2O3. The van der Waals surface area contributed by atoms with Gasteiger partial charge in [0.25, 0.3) is 5.91 Å². The summed E-state index contributed by atoms with van der Waals surface area (Å²) in [6.07, 6.45) is -0.817. The van der Waals surface area contributed by atoms with Gasteiger partial charge in [-0.15, -0.1) is 0 Å². The van der Waals surface area contributed by atoms with E-state index in [1.54, 1.807) is 0 Å². The Morgan fingerprint density at radius 3 is 2.40 bits per heavy atom. The third kappa shape index (κ3) is 3.03. The molecule has 1 amide bonds. The van der Waals surface area contributed by atoms with Gasteiger partial charge in [-0.2, -0.15) is 0 Å². The molecule has 0 aromatic carbocycles. The van der Waals surface area contributed by atoms with Crippen LogP contribution in [0.2, 0.25) is 0 Å². The van der Waals surface area contributed by atoms with Gasteiger partial charge in [-0.3, -0.25) is 15.0 Å². The van der Waals surface area contributed by atoms with E-state index in [2.05, 4.69) is 4.74 Å². The smallest absolute Gasteiger partial charge is 0.303 e. The third-order valence-corrected chi connectivity index (χ3v) is 0.854. The number of hydrazine groups is 1. The predicted octanol–water partition coefficient (Wildman–Crippen LogP) is -1.07. The van der Waals surface area contributed by atoms with Crippen molar-refractivity contribution >= 4 is 11.9 Å². The first-order valence-corrected chi connectivity index (χ1v) is 2.75. The van der Waals surface area contributed by atoms with Crippen molar-refractivity contribution in [3.63, 3.8) is 0 Å². The summed E-state index contributed by atoms with van der Waals surface area (Å²) in [5.41, 5.74) is 1.85.